The molecule has 0 saturated carbocycles. The van der Waals surface area contributed by atoms with E-state index >= 15 is 0 Å². The SMILES string of the molecule is COC(=O)c1cc(SC(F)(F)F)c(O)cc1C#N. The molecule has 0 fully saturated rings. The average Bonchev–Trinajstić information content (AvgIpc) is 2.28. The van der Waals surface area contributed by atoms with Gasteiger partial charge in [-0.05, 0) is 23.9 Å². The quantitative estimate of drug-likeness (QED) is 0.664. The normalized spacial score (nSPS) is 10.8. The number of thioether (sulfide) groups is 1. The number of hydrogen-bond acceptors (Lipinski definition) is 5. The first-order valence-electron chi connectivity index (χ1n) is 4.39. The largest absolute Gasteiger partial charge is 0.507 e. The number of phenols is 1. The number of hydrogen-bond donors (Lipinski definition) is 1. The van der Waals surface area contributed by atoms with Gasteiger partial charge in [-0.1, -0.05) is 0 Å². The molecule has 0 aliphatic heterocycles. The molecule has 8 heteroatoms. The smallest absolute Gasteiger partial charge is 0.446 e. The first kappa shape index (κ1) is 14.2. The first-order valence-corrected chi connectivity index (χ1v) is 5.21. The Bertz CT molecular complexity index is 522. The molecule has 1 rings (SSSR count). The van der Waals surface area contributed by atoms with Crippen LogP contribution >= 0.6 is 11.8 Å². The van der Waals surface area contributed by atoms with Gasteiger partial charge in [0.25, 0.3) is 0 Å². The minimum absolute atomic E-state index is 0.258. The second-order valence-corrected chi connectivity index (χ2v) is 4.12. The summed E-state index contributed by atoms with van der Waals surface area (Å²) in [6.07, 6.45) is 0. The Labute approximate surface area is 104 Å². The number of halogens is 3. The fraction of sp³-hybridized carbons (Fsp3) is 0.200. The highest BCUT2D eigenvalue weighted by molar-refractivity contribution is 8.00. The van der Waals surface area contributed by atoms with Gasteiger partial charge < -0.3 is 9.84 Å². The first-order chi connectivity index (χ1) is 8.28. The molecule has 0 amide bonds. The highest BCUT2D eigenvalue weighted by Crippen LogP contribution is 2.42. The summed E-state index contributed by atoms with van der Waals surface area (Å²) in [4.78, 5) is 10.7. The molecule has 1 aromatic rings. The van der Waals surface area contributed by atoms with Crippen molar-refractivity contribution in [1.29, 1.82) is 5.26 Å². The molecule has 0 spiro atoms. The van der Waals surface area contributed by atoms with E-state index in [2.05, 4.69) is 4.74 Å². The summed E-state index contributed by atoms with van der Waals surface area (Å²) in [5, 5.41) is 18.1. The zero-order valence-electron chi connectivity index (χ0n) is 8.91. The second kappa shape index (κ2) is 5.18. The topological polar surface area (TPSA) is 70.3 Å². The third-order valence-electron chi connectivity index (χ3n) is 1.85. The summed E-state index contributed by atoms with van der Waals surface area (Å²) < 4.78 is 40.9. The number of methoxy groups -OCH3 is 1. The Morgan fingerprint density at radius 3 is 2.56 bits per heavy atom. The van der Waals surface area contributed by atoms with E-state index in [1.165, 1.54) is 0 Å². The summed E-state index contributed by atoms with van der Waals surface area (Å²) in [7, 11) is 1.03. The molecule has 0 aromatic heterocycles. The van der Waals surface area contributed by atoms with Crippen molar-refractivity contribution in [2.24, 2.45) is 0 Å². The number of alkyl halides is 3. The van der Waals surface area contributed by atoms with Crippen molar-refractivity contribution in [3.8, 4) is 11.8 Å². The highest BCUT2D eigenvalue weighted by Gasteiger charge is 2.31. The lowest BCUT2D eigenvalue weighted by atomic mass is 10.1. The molecule has 1 aromatic carbocycles. The van der Waals surface area contributed by atoms with Gasteiger partial charge in [0.05, 0.1) is 23.1 Å². The predicted octanol–water partition coefficient (Wildman–Crippen LogP) is 2.66. The van der Waals surface area contributed by atoms with E-state index in [0.717, 1.165) is 19.2 Å². The fourth-order valence-corrected chi connectivity index (χ4v) is 1.74. The van der Waals surface area contributed by atoms with Gasteiger partial charge in [0, 0.05) is 0 Å². The van der Waals surface area contributed by atoms with Crippen molar-refractivity contribution in [3.05, 3.63) is 23.3 Å². The molecule has 0 aliphatic carbocycles. The Kier molecular flexibility index (Phi) is 4.08. The van der Waals surface area contributed by atoms with E-state index in [4.69, 9.17) is 5.26 Å². The Morgan fingerprint density at radius 2 is 2.11 bits per heavy atom. The summed E-state index contributed by atoms with van der Waals surface area (Å²) in [6.45, 7) is 0. The maximum atomic E-state index is 12.2. The van der Waals surface area contributed by atoms with Gasteiger partial charge in [0.2, 0.25) is 0 Å². The zero-order valence-corrected chi connectivity index (χ0v) is 9.72. The molecule has 0 radical (unpaired) electrons. The lowest BCUT2D eigenvalue weighted by Gasteiger charge is -2.10. The number of carbonyl (C=O) groups excluding carboxylic acids is 1. The van der Waals surface area contributed by atoms with Gasteiger partial charge in [-0.25, -0.2) is 4.79 Å². The van der Waals surface area contributed by atoms with E-state index in [1.54, 1.807) is 6.07 Å². The van der Waals surface area contributed by atoms with Gasteiger partial charge in [-0.15, -0.1) is 0 Å². The molecule has 0 atom stereocenters. The molecule has 18 heavy (non-hydrogen) atoms. The van der Waals surface area contributed by atoms with Crippen LogP contribution in [0.3, 0.4) is 0 Å². The van der Waals surface area contributed by atoms with Gasteiger partial charge >= 0.3 is 11.5 Å². The van der Waals surface area contributed by atoms with Crippen molar-refractivity contribution in [2.75, 3.05) is 7.11 Å². The summed E-state index contributed by atoms with van der Waals surface area (Å²) in [5.41, 5.74) is -5.20. The lowest BCUT2D eigenvalue weighted by Crippen LogP contribution is -2.06. The Morgan fingerprint density at radius 1 is 1.50 bits per heavy atom. The molecule has 0 heterocycles. The van der Waals surface area contributed by atoms with Crippen LogP contribution in [0.1, 0.15) is 15.9 Å². The van der Waals surface area contributed by atoms with Gasteiger partial charge in [-0.2, -0.15) is 18.4 Å². The zero-order chi connectivity index (χ0) is 13.9. The minimum atomic E-state index is -4.61. The van der Waals surface area contributed by atoms with Crippen LogP contribution in [0.5, 0.6) is 5.75 Å². The van der Waals surface area contributed by atoms with E-state index in [-0.39, 0.29) is 11.1 Å². The van der Waals surface area contributed by atoms with Crippen molar-refractivity contribution < 1.29 is 27.8 Å². The molecular weight excluding hydrogens is 271 g/mol. The van der Waals surface area contributed by atoms with Gasteiger partial charge in [0.1, 0.15) is 11.8 Å². The monoisotopic (exact) mass is 277 g/mol. The van der Waals surface area contributed by atoms with E-state index < -0.39 is 33.9 Å². The van der Waals surface area contributed by atoms with Crippen molar-refractivity contribution in [1.82, 2.24) is 0 Å². The van der Waals surface area contributed by atoms with Crippen LogP contribution in [0, 0.1) is 11.3 Å². The molecule has 0 unspecified atom stereocenters. The molecule has 0 bridgehead atoms. The van der Waals surface area contributed by atoms with E-state index in [0.29, 0.717) is 0 Å². The predicted molar refractivity (Wildman–Crippen MR) is 56.1 cm³/mol. The number of ether oxygens (including phenoxy) is 1. The van der Waals surface area contributed by atoms with Crippen LogP contribution in [0.15, 0.2) is 17.0 Å². The Balaban J connectivity index is 3.31. The molecule has 4 nitrogen and oxygen atoms in total. The molecule has 1 N–H and O–H groups in total. The number of benzene rings is 1. The van der Waals surface area contributed by atoms with Crippen LogP contribution in [0.25, 0.3) is 0 Å². The third-order valence-corrected chi connectivity index (χ3v) is 2.63. The number of nitriles is 1. The van der Waals surface area contributed by atoms with Crippen LogP contribution in [0.4, 0.5) is 13.2 Å². The third kappa shape index (κ3) is 3.30. The van der Waals surface area contributed by atoms with Crippen LogP contribution < -0.4 is 0 Å². The van der Waals surface area contributed by atoms with Crippen LogP contribution in [-0.4, -0.2) is 23.7 Å². The number of aromatic hydroxyl groups is 1. The molecule has 96 valence electrons. The number of phenolic OH excluding ortho intramolecular Hbond substituents is 1. The number of esters is 1. The fourth-order valence-electron chi connectivity index (χ4n) is 1.15. The van der Waals surface area contributed by atoms with Gasteiger partial charge in [0.15, 0.2) is 0 Å². The van der Waals surface area contributed by atoms with Gasteiger partial charge in [-0.3, -0.25) is 0 Å². The summed E-state index contributed by atoms with van der Waals surface area (Å²) in [6, 6.07) is 3.16. The van der Waals surface area contributed by atoms with E-state index in [9.17, 15) is 23.1 Å². The molecule has 0 aliphatic rings. The standard InChI is InChI=1S/C10H6F3NO3S/c1-17-9(16)6-3-8(18-10(11,12)13)7(15)2-5(6)4-14/h2-3,15H,1H3. The van der Waals surface area contributed by atoms with Crippen molar-refractivity contribution in [2.45, 2.75) is 10.4 Å². The number of carbonyl (C=O) groups is 1. The maximum absolute atomic E-state index is 12.2. The number of nitrogens with zero attached hydrogens (tertiary/aromatic N) is 1. The van der Waals surface area contributed by atoms with Crippen LogP contribution in [-0.2, 0) is 4.74 Å². The summed E-state index contributed by atoms with van der Waals surface area (Å²) in [5.74, 6) is -1.67. The van der Waals surface area contributed by atoms with Crippen molar-refractivity contribution in [3.63, 3.8) is 0 Å². The van der Waals surface area contributed by atoms with Crippen LogP contribution in [0.2, 0.25) is 0 Å². The lowest BCUT2D eigenvalue weighted by molar-refractivity contribution is -0.0329. The molecule has 0 saturated heterocycles. The molecular formula is C10H6F3NO3S. The summed E-state index contributed by atoms with van der Waals surface area (Å²) >= 11 is -0.579. The highest BCUT2D eigenvalue weighted by atomic mass is 32.2. The average molecular weight is 277 g/mol. The van der Waals surface area contributed by atoms with E-state index in [1.807, 2.05) is 0 Å². The van der Waals surface area contributed by atoms with Crippen molar-refractivity contribution >= 4 is 17.7 Å². The Hall–Kier alpha value is -1.88. The minimum Gasteiger partial charge on any atom is -0.507 e. The maximum Gasteiger partial charge on any atom is 0.446 e. The number of rotatable bonds is 2. The second-order valence-electron chi connectivity index (χ2n) is 3.02.